The lowest BCUT2D eigenvalue weighted by molar-refractivity contribution is 0.287. The Balaban J connectivity index is 1.27. The number of H-pyrrole nitrogens is 2. The van der Waals surface area contributed by atoms with Gasteiger partial charge in [-0.15, -0.1) is 0 Å². The number of nitrogens with zero attached hydrogens (tertiary/aromatic N) is 2. The van der Waals surface area contributed by atoms with Crippen molar-refractivity contribution in [3.8, 4) is 28.1 Å². The smallest absolute Gasteiger partial charge is 0.138 e. The van der Waals surface area contributed by atoms with E-state index in [1.165, 1.54) is 16.5 Å². The van der Waals surface area contributed by atoms with Crippen molar-refractivity contribution in [3.63, 3.8) is 0 Å². The van der Waals surface area contributed by atoms with Crippen LogP contribution in [0.3, 0.4) is 0 Å². The van der Waals surface area contributed by atoms with E-state index in [0.29, 0.717) is 18.8 Å². The second kappa shape index (κ2) is 9.02. The Labute approximate surface area is 208 Å². The third-order valence-electron chi connectivity index (χ3n) is 6.58. The molecule has 7 nitrogen and oxygen atoms in total. The average Bonchev–Trinajstić information content (AvgIpc) is 3.64. The molecule has 2 aromatic carbocycles. The Kier molecular flexibility index (Phi) is 5.54. The highest BCUT2D eigenvalue weighted by Gasteiger charge is 2.15. The number of benzene rings is 2. The highest BCUT2D eigenvalue weighted by Crippen LogP contribution is 2.35. The minimum absolute atomic E-state index is 0.161. The van der Waals surface area contributed by atoms with Crippen LogP contribution in [0.4, 0.5) is 0 Å². The van der Waals surface area contributed by atoms with Crippen molar-refractivity contribution in [2.75, 3.05) is 6.61 Å². The van der Waals surface area contributed by atoms with Gasteiger partial charge in [-0.3, -0.25) is 10.1 Å². The largest absolute Gasteiger partial charge is 0.490 e. The maximum absolute atomic E-state index is 6.48. The van der Waals surface area contributed by atoms with Crippen LogP contribution in [0, 0.1) is 13.8 Å². The second-order valence-corrected chi connectivity index (χ2v) is 9.30. The van der Waals surface area contributed by atoms with Crippen molar-refractivity contribution in [1.29, 1.82) is 0 Å². The fraction of sp³-hybridized carbons (Fsp3) is 0.172. The standard InChI is InChI=1S/C29H27N5O2/c1-17-3-5-27-25(9-17)21(13-31-27)10-22(30)16-36-23-12-26(29(32-14-23)20-7-8-35-15-20)19-4-6-28-24(11-19)18(2)33-34-28/h3-9,11-15,22,31H,10,16,30H2,1-2H3,(H,33,34)/t22-/m0/s1. The second-order valence-electron chi connectivity index (χ2n) is 9.30. The Bertz CT molecular complexity index is 1660. The van der Waals surface area contributed by atoms with Crippen molar-refractivity contribution < 1.29 is 9.15 Å². The number of nitrogens with one attached hydrogen (secondary N) is 2. The van der Waals surface area contributed by atoms with Gasteiger partial charge in [0.15, 0.2) is 0 Å². The zero-order chi connectivity index (χ0) is 24.6. The molecule has 4 heterocycles. The van der Waals surface area contributed by atoms with E-state index in [9.17, 15) is 0 Å². The molecule has 0 aliphatic heterocycles. The summed E-state index contributed by atoms with van der Waals surface area (Å²) in [6.07, 6.45) is 7.85. The number of hydrogen-bond donors (Lipinski definition) is 3. The minimum atomic E-state index is -0.161. The molecule has 0 fully saturated rings. The van der Waals surface area contributed by atoms with Crippen LogP contribution in [-0.4, -0.2) is 32.8 Å². The molecule has 36 heavy (non-hydrogen) atoms. The minimum Gasteiger partial charge on any atom is -0.490 e. The molecule has 6 aromatic rings. The number of furan rings is 1. The molecule has 0 saturated carbocycles. The third-order valence-corrected chi connectivity index (χ3v) is 6.58. The molecular weight excluding hydrogens is 450 g/mol. The van der Waals surface area contributed by atoms with Gasteiger partial charge in [0.1, 0.15) is 12.4 Å². The van der Waals surface area contributed by atoms with Crippen LogP contribution in [-0.2, 0) is 6.42 Å². The number of nitrogens with two attached hydrogens (primary N) is 1. The summed E-state index contributed by atoms with van der Waals surface area (Å²) in [6, 6.07) is 16.4. The van der Waals surface area contributed by atoms with E-state index in [1.54, 1.807) is 18.7 Å². The molecule has 6 rings (SSSR count). The average molecular weight is 478 g/mol. The molecule has 1 atom stereocenters. The summed E-state index contributed by atoms with van der Waals surface area (Å²) in [4.78, 5) is 8.07. The van der Waals surface area contributed by atoms with Crippen LogP contribution < -0.4 is 10.5 Å². The number of pyridine rings is 1. The topological polar surface area (TPSA) is 106 Å². The van der Waals surface area contributed by atoms with Crippen LogP contribution in [0.25, 0.3) is 44.2 Å². The maximum atomic E-state index is 6.48. The van der Waals surface area contributed by atoms with Gasteiger partial charge in [-0.05, 0) is 67.8 Å². The molecule has 7 heteroatoms. The van der Waals surface area contributed by atoms with Gasteiger partial charge in [-0.25, -0.2) is 0 Å². The molecule has 0 aliphatic carbocycles. The molecular formula is C29H27N5O2. The predicted octanol–water partition coefficient (Wildman–Crippen LogP) is 5.93. The highest BCUT2D eigenvalue weighted by molar-refractivity contribution is 5.90. The molecule has 0 saturated heterocycles. The highest BCUT2D eigenvalue weighted by atomic mass is 16.5. The summed E-state index contributed by atoms with van der Waals surface area (Å²) in [5.74, 6) is 0.673. The molecule has 4 N–H and O–H groups in total. The number of aryl methyl sites for hydroxylation is 2. The number of aromatic nitrogens is 4. The number of aromatic amines is 2. The number of rotatable bonds is 7. The van der Waals surface area contributed by atoms with Crippen LogP contribution in [0.15, 0.2) is 77.9 Å². The molecule has 0 amide bonds. The fourth-order valence-corrected chi connectivity index (χ4v) is 4.69. The SMILES string of the molecule is Cc1ccc2[nH]cc(C[C@H](N)COc3cnc(-c4ccoc4)c(-c4ccc5n[nH]c(C)c5c4)c3)c2c1. The maximum Gasteiger partial charge on any atom is 0.138 e. The molecule has 0 radical (unpaired) electrons. The molecule has 0 unspecified atom stereocenters. The lowest BCUT2D eigenvalue weighted by atomic mass is 9.99. The quantitative estimate of drug-likeness (QED) is 0.264. The van der Waals surface area contributed by atoms with E-state index < -0.39 is 0 Å². The number of hydrogen-bond acceptors (Lipinski definition) is 5. The molecule has 0 bridgehead atoms. The Morgan fingerprint density at radius 1 is 1.03 bits per heavy atom. The summed E-state index contributed by atoms with van der Waals surface area (Å²) >= 11 is 0. The van der Waals surface area contributed by atoms with Gasteiger partial charge in [0.25, 0.3) is 0 Å². The fourth-order valence-electron chi connectivity index (χ4n) is 4.69. The first kappa shape index (κ1) is 22.1. The summed E-state index contributed by atoms with van der Waals surface area (Å²) in [5, 5.41) is 9.69. The van der Waals surface area contributed by atoms with Crippen molar-refractivity contribution in [3.05, 3.63) is 90.3 Å². The van der Waals surface area contributed by atoms with Gasteiger partial charge < -0.3 is 19.9 Å². The van der Waals surface area contributed by atoms with Crippen molar-refractivity contribution in [2.45, 2.75) is 26.3 Å². The van der Waals surface area contributed by atoms with Gasteiger partial charge in [-0.2, -0.15) is 5.10 Å². The normalized spacial score (nSPS) is 12.4. The first-order valence-electron chi connectivity index (χ1n) is 12.0. The Morgan fingerprint density at radius 3 is 2.81 bits per heavy atom. The number of fused-ring (bicyclic) bond motifs is 2. The van der Waals surface area contributed by atoms with Gasteiger partial charge in [0.2, 0.25) is 0 Å². The van der Waals surface area contributed by atoms with Crippen LogP contribution in [0.2, 0.25) is 0 Å². The zero-order valence-corrected chi connectivity index (χ0v) is 20.2. The van der Waals surface area contributed by atoms with Gasteiger partial charge in [0.05, 0.1) is 29.9 Å². The predicted molar refractivity (Wildman–Crippen MR) is 142 cm³/mol. The van der Waals surface area contributed by atoms with Crippen molar-refractivity contribution in [1.82, 2.24) is 20.2 Å². The van der Waals surface area contributed by atoms with Gasteiger partial charge in [-0.1, -0.05) is 17.7 Å². The summed E-state index contributed by atoms with van der Waals surface area (Å²) in [7, 11) is 0. The molecule has 180 valence electrons. The summed E-state index contributed by atoms with van der Waals surface area (Å²) in [5.41, 5.74) is 15.7. The Morgan fingerprint density at radius 2 is 1.94 bits per heavy atom. The summed E-state index contributed by atoms with van der Waals surface area (Å²) in [6.45, 7) is 4.50. The van der Waals surface area contributed by atoms with E-state index in [-0.39, 0.29) is 6.04 Å². The van der Waals surface area contributed by atoms with E-state index in [1.807, 2.05) is 31.3 Å². The lowest BCUT2D eigenvalue weighted by Crippen LogP contribution is -2.30. The van der Waals surface area contributed by atoms with E-state index in [4.69, 9.17) is 19.9 Å². The first-order chi connectivity index (χ1) is 17.5. The number of ether oxygens (including phenoxy) is 1. The van der Waals surface area contributed by atoms with Crippen LogP contribution in [0.5, 0.6) is 5.75 Å². The van der Waals surface area contributed by atoms with Crippen LogP contribution >= 0.6 is 0 Å². The van der Waals surface area contributed by atoms with E-state index in [2.05, 4.69) is 52.4 Å². The van der Waals surface area contributed by atoms with Crippen LogP contribution in [0.1, 0.15) is 16.8 Å². The monoisotopic (exact) mass is 477 g/mol. The zero-order valence-electron chi connectivity index (χ0n) is 20.2. The summed E-state index contributed by atoms with van der Waals surface area (Å²) < 4.78 is 11.5. The van der Waals surface area contributed by atoms with E-state index in [0.717, 1.165) is 44.5 Å². The van der Waals surface area contributed by atoms with E-state index >= 15 is 0 Å². The lowest BCUT2D eigenvalue weighted by Gasteiger charge is -2.15. The molecule has 0 aliphatic rings. The van der Waals surface area contributed by atoms with Gasteiger partial charge >= 0.3 is 0 Å². The third kappa shape index (κ3) is 4.14. The molecule has 4 aromatic heterocycles. The van der Waals surface area contributed by atoms with Crippen molar-refractivity contribution >= 4 is 21.8 Å². The van der Waals surface area contributed by atoms with Crippen molar-refractivity contribution in [2.24, 2.45) is 5.73 Å². The Hall–Kier alpha value is -4.36. The molecule has 0 spiro atoms. The first-order valence-corrected chi connectivity index (χ1v) is 12.0. The van der Waals surface area contributed by atoms with Gasteiger partial charge in [0, 0.05) is 45.3 Å².